The zero-order chi connectivity index (χ0) is 18.5. The minimum absolute atomic E-state index is 0.0657. The number of hydrogen-bond donors (Lipinski definition) is 2. The van der Waals surface area contributed by atoms with Crippen LogP contribution in [0.2, 0.25) is 0 Å². The normalized spacial score (nSPS) is 15.2. The van der Waals surface area contributed by atoms with Crippen LogP contribution in [0.3, 0.4) is 0 Å². The summed E-state index contributed by atoms with van der Waals surface area (Å²) in [6.07, 6.45) is 1.59. The first-order valence-corrected chi connectivity index (χ1v) is 8.96. The van der Waals surface area contributed by atoms with Crippen LogP contribution in [-0.4, -0.2) is 60.0 Å². The lowest BCUT2D eigenvalue weighted by atomic mass is 10.2. The van der Waals surface area contributed by atoms with Gasteiger partial charge in [-0.15, -0.1) is 0 Å². The first kappa shape index (κ1) is 18.1. The molecule has 0 atom stereocenters. The molecule has 26 heavy (non-hydrogen) atoms. The Balaban J connectivity index is 1.65. The van der Waals surface area contributed by atoms with Crippen molar-refractivity contribution < 1.29 is 4.79 Å². The Morgan fingerprint density at radius 2 is 1.77 bits per heavy atom. The molecule has 2 heterocycles. The van der Waals surface area contributed by atoms with E-state index < -0.39 is 0 Å². The highest BCUT2D eigenvalue weighted by Gasteiger charge is 2.14. The third-order valence-electron chi connectivity index (χ3n) is 4.30. The second-order valence-electron chi connectivity index (χ2n) is 6.86. The summed E-state index contributed by atoms with van der Waals surface area (Å²) in [6, 6.07) is 9.90. The number of rotatable bonds is 5. The van der Waals surface area contributed by atoms with Gasteiger partial charge in [0.2, 0.25) is 5.95 Å². The molecular formula is C19H26N6O. The predicted molar refractivity (Wildman–Crippen MR) is 104 cm³/mol. The number of aromatic nitrogens is 2. The minimum Gasteiger partial charge on any atom is -0.369 e. The fourth-order valence-corrected chi connectivity index (χ4v) is 2.83. The van der Waals surface area contributed by atoms with Gasteiger partial charge in [0.05, 0.1) is 0 Å². The molecule has 0 unspecified atom stereocenters. The molecule has 1 amide bonds. The van der Waals surface area contributed by atoms with Gasteiger partial charge in [0.15, 0.2) is 0 Å². The molecule has 0 aliphatic carbocycles. The molecule has 1 aromatic heterocycles. The van der Waals surface area contributed by atoms with Gasteiger partial charge in [-0.05, 0) is 51.2 Å². The van der Waals surface area contributed by atoms with Crippen molar-refractivity contribution >= 4 is 23.2 Å². The fraction of sp³-hybridized carbons (Fsp3) is 0.421. The van der Waals surface area contributed by atoms with Crippen molar-refractivity contribution in [3.8, 4) is 0 Å². The second kappa shape index (κ2) is 8.14. The molecule has 2 aromatic rings. The Morgan fingerprint density at radius 3 is 2.42 bits per heavy atom. The summed E-state index contributed by atoms with van der Waals surface area (Å²) in [5, 5.41) is 5.99. The van der Waals surface area contributed by atoms with Crippen LogP contribution in [0.15, 0.2) is 36.5 Å². The number of anilines is 3. The maximum absolute atomic E-state index is 12.1. The van der Waals surface area contributed by atoms with E-state index in [1.54, 1.807) is 12.3 Å². The van der Waals surface area contributed by atoms with E-state index in [9.17, 15) is 4.79 Å². The first-order chi connectivity index (χ1) is 12.5. The molecule has 1 fully saturated rings. The van der Waals surface area contributed by atoms with Crippen LogP contribution >= 0.6 is 0 Å². The van der Waals surface area contributed by atoms with Crippen molar-refractivity contribution in [2.75, 3.05) is 43.4 Å². The molecule has 7 nitrogen and oxygen atoms in total. The van der Waals surface area contributed by atoms with Gasteiger partial charge in [0.1, 0.15) is 5.69 Å². The van der Waals surface area contributed by atoms with E-state index in [1.807, 2.05) is 26.0 Å². The van der Waals surface area contributed by atoms with Gasteiger partial charge in [0.25, 0.3) is 5.91 Å². The van der Waals surface area contributed by atoms with Crippen molar-refractivity contribution in [2.24, 2.45) is 0 Å². The Hall–Kier alpha value is -2.67. The highest BCUT2D eigenvalue weighted by Crippen LogP contribution is 2.20. The van der Waals surface area contributed by atoms with Crippen LogP contribution in [0.1, 0.15) is 24.3 Å². The standard InChI is InChI=1S/C19H26N6O/c1-14(2)21-18(26)17-8-9-20-19(23-17)22-15-4-6-16(7-5-15)25-12-10-24(3)11-13-25/h4-9,14H,10-13H2,1-3H3,(H,21,26)(H,20,22,23). The smallest absolute Gasteiger partial charge is 0.270 e. The Morgan fingerprint density at radius 1 is 1.08 bits per heavy atom. The zero-order valence-electron chi connectivity index (χ0n) is 15.6. The van der Waals surface area contributed by atoms with Crippen molar-refractivity contribution in [1.29, 1.82) is 0 Å². The largest absolute Gasteiger partial charge is 0.369 e. The lowest BCUT2D eigenvalue weighted by molar-refractivity contribution is 0.0938. The zero-order valence-corrected chi connectivity index (χ0v) is 15.6. The van der Waals surface area contributed by atoms with Crippen LogP contribution in [0, 0.1) is 0 Å². The van der Waals surface area contributed by atoms with Crippen molar-refractivity contribution in [1.82, 2.24) is 20.2 Å². The van der Waals surface area contributed by atoms with Gasteiger partial charge >= 0.3 is 0 Å². The maximum Gasteiger partial charge on any atom is 0.270 e. The maximum atomic E-state index is 12.1. The van der Waals surface area contributed by atoms with Gasteiger partial charge in [-0.1, -0.05) is 0 Å². The summed E-state index contributed by atoms with van der Waals surface area (Å²) in [5.74, 6) is 0.213. The van der Waals surface area contributed by atoms with Crippen LogP contribution in [0.4, 0.5) is 17.3 Å². The molecule has 0 spiro atoms. The van der Waals surface area contributed by atoms with Crippen LogP contribution in [0.5, 0.6) is 0 Å². The van der Waals surface area contributed by atoms with E-state index in [4.69, 9.17) is 0 Å². The van der Waals surface area contributed by atoms with Crippen LogP contribution in [-0.2, 0) is 0 Å². The van der Waals surface area contributed by atoms with E-state index >= 15 is 0 Å². The number of nitrogens with one attached hydrogen (secondary N) is 2. The third-order valence-corrected chi connectivity index (χ3v) is 4.30. The quantitative estimate of drug-likeness (QED) is 0.857. The average molecular weight is 354 g/mol. The topological polar surface area (TPSA) is 73.4 Å². The Bertz CT molecular complexity index is 738. The van der Waals surface area contributed by atoms with E-state index in [1.165, 1.54) is 5.69 Å². The van der Waals surface area contributed by atoms with Gasteiger partial charge < -0.3 is 20.4 Å². The van der Waals surface area contributed by atoms with E-state index in [2.05, 4.69) is 49.6 Å². The van der Waals surface area contributed by atoms with Gasteiger partial charge in [-0.25, -0.2) is 9.97 Å². The molecule has 2 N–H and O–H groups in total. The number of likely N-dealkylation sites (N-methyl/N-ethyl adjacent to an activating group) is 1. The lowest BCUT2D eigenvalue weighted by Gasteiger charge is -2.34. The molecular weight excluding hydrogens is 328 g/mol. The number of hydrogen-bond acceptors (Lipinski definition) is 6. The predicted octanol–water partition coefficient (Wildman–Crippen LogP) is 2.11. The molecule has 0 saturated carbocycles. The number of amides is 1. The van der Waals surface area contributed by atoms with E-state index in [0.29, 0.717) is 11.6 Å². The monoisotopic (exact) mass is 354 g/mol. The highest BCUT2D eigenvalue weighted by atomic mass is 16.1. The first-order valence-electron chi connectivity index (χ1n) is 8.96. The Kier molecular flexibility index (Phi) is 5.68. The SMILES string of the molecule is CC(C)NC(=O)c1ccnc(Nc2ccc(N3CCN(C)CC3)cc2)n1. The molecule has 7 heteroatoms. The molecule has 1 aliphatic rings. The van der Waals surface area contributed by atoms with Crippen molar-refractivity contribution in [2.45, 2.75) is 19.9 Å². The van der Waals surface area contributed by atoms with Gasteiger partial charge in [-0.3, -0.25) is 4.79 Å². The third kappa shape index (κ3) is 4.70. The molecule has 138 valence electrons. The second-order valence-corrected chi connectivity index (χ2v) is 6.86. The molecule has 0 radical (unpaired) electrons. The van der Waals surface area contributed by atoms with E-state index in [0.717, 1.165) is 31.9 Å². The fourth-order valence-electron chi connectivity index (χ4n) is 2.83. The van der Waals surface area contributed by atoms with E-state index in [-0.39, 0.29) is 11.9 Å². The summed E-state index contributed by atoms with van der Waals surface area (Å²) in [5.41, 5.74) is 2.46. The highest BCUT2D eigenvalue weighted by molar-refractivity contribution is 5.92. The minimum atomic E-state index is -0.198. The van der Waals surface area contributed by atoms with Crippen LogP contribution in [0.25, 0.3) is 0 Å². The number of nitrogens with zero attached hydrogens (tertiary/aromatic N) is 4. The molecule has 1 aliphatic heterocycles. The van der Waals surface area contributed by atoms with Crippen molar-refractivity contribution in [3.05, 3.63) is 42.2 Å². The number of benzene rings is 1. The van der Waals surface area contributed by atoms with Crippen LogP contribution < -0.4 is 15.5 Å². The lowest BCUT2D eigenvalue weighted by Crippen LogP contribution is -2.44. The molecule has 0 bridgehead atoms. The molecule has 1 aromatic carbocycles. The molecule has 1 saturated heterocycles. The number of carbonyl (C=O) groups is 1. The summed E-state index contributed by atoms with van der Waals surface area (Å²) >= 11 is 0. The molecule has 3 rings (SSSR count). The van der Waals surface area contributed by atoms with Gasteiger partial charge in [0, 0.05) is 49.8 Å². The summed E-state index contributed by atoms with van der Waals surface area (Å²) in [4.78, 5) is 25.3. The van der Waals surface area contributed by atoms with Gasteiger partial charge in [-0.2, -0.15) is 0 Å². The number of piperazine rings is 1. The summed E-state index contributed by atoms with van der Waals surface area (Å²) in [6.45, 7) is 8.08. The number of carbonyl (C=O) groups excluding carboxylic acids is 1. The summed E-state index contributed by atoms with van der Waals surface area (Å²) in [7, 11) is 2.15. The van der Waals surface area contributed by atoms with Crippen molar-refractivity contribution in [3.63, 3.8) is 0 Å². The average Bonchev–Trinajstić information content (AvgIpc) is 2.63. The summed E-state index contributed by atoms with van der Waals surface area (Å²) < 4.78 is 0. The Labute approximate surface area is 154 Å².